The first-order valence-electron chi connectivity index (χ1n) is 11.5. The molecular formula is C24H30N2O12. The van der Waals surface area contributed by atoms with Crippen molar-refractivity contribution in [2.45, 2.75) is 63.8 Å². The van der Waals surface area contributed by atoms with Crippen LogP contribution in [0.5, 0.6) is 0 Å². The van der Waals surface area contributed by atoms with Gasteiger partial charge in [0.05, 0.1) is 37.1 Å². The summed E-state index contributed by atoms with van der Waals surface area (Å²) in [6.45, 7) is 2.21. The fourth-order valence-electron chi connectivity index (χ4n) is 2.86. The van der Waals surface area contributed by atoms with Crippen molar-refractivity contribution in [3.8, 4) is 0 Å². The largest absolute Gasteiger partial charge is 0.481 e. The number of aliphatic carboxylic acids is 2. The van der Waals surface area contributed by atoms with E-state index >= 15 is 0 Å². The number of esters is 3. The van der Waals surface area contributed by atoms with Crippen LogP contribution in [0.15, 0.2) is 30.3 Å². The lowest BCUT2D eigenvalue weighted by Crippen LogP contribution is -2.49. The van der Waals surface area contributed by atoms with Crippen LogP contribution < -0.4 is 11.1 Å². The molecule has 5 N–H and O–H groups in total. The van der Waals surface area contributed by atoms with Gasteiger partial charge < -0.3 is 35.5 Å². The second-order valence-electron chi connectivity index (χ2n) is 8.09. The average Bonchev–Trinajstić information content (AvgIpc) is 2.85. The third-order valence-electron chi connectivity index (χ3n) is 4.88. The van der Waals surface area contributed by atoms with E-state index in [9.17, 15) is 33.6 Å². The second kappa shape index (κ2) is 15.7. The highest BCUT2D eigenvalue weighted by Crippen LogP contribution is 2.08. The molecule has 4 atom stereocenters. The zero-order chi connectivity index (χ0) is 28.8. The third kappa shape index (κ3) is 11.6. The Labute approximate surface area is 217 Å². The molecule has 0 saturated carbocycles. The quantitative estimate of drug-likeness (QED) is 0.122. The van der Waals surface area contributed by atoms with E-state index < -0.39 is 78.7 Å². The molecule has 1 amide bonds. The van der Waals surface area contributed by atoms with Crippen molar-refractivity contribution in [3.63, 3.8) is 0 Å². The minimum absolute atomic E-state index is 0.0521. The van der Waals surface area contributed by atoms with Gasteiger partial charge in [-0.3, -0.25) is 19.2 Å². The van der Waals surface area contributed by atoms with Gasteiger partial charge in [0.1, 0.15) is 0 Å². The number of carboxylic acids is 2. The molecule has 38 heavy (non-hydrogen) atoms. The minimum Gasteiger partial charge on any atom is -0.481 e. The number of nitrogens with two attached hydrogens (primary N) is 1. The Bertz CT molecular complexity index is 1030. The summed E-state index contributed by atoms with van der Waals surface area (Å²) >= 11 is 0. The molecule has 208 valence electrons. The Kier molecular flexibility index (Phi) is 13.1. The van der Waals surface area contributed by atoms with E-state index in [1.165, 1.54) is 26.0 Å². The molecule has 14 nitrogen and oxygen atoms in total. The van der Waals surface area contributed by atoms with E-state index in [2.05, 4.69) is 5.32 Å². The van der Waals surface area contributed by atoms with Gasteiger partial charge >= 0.3 is 29.8 Å². The predicted octanol–water partition coefficient (Wildman–Crippen LogP) is -0.182. The Balaban J connectivity index is 2.47. The smallest absolute Gasteiger partial charge is 0.348 e. The van der Waals surface area contributed by atoms with Crippen LogP contribution in [0.25, 0.3) is 0 Å². The standard InChI is InChI=1S/C24H30N2O12/c1-13(37-23(34)14(2)38-24(35)15-7-4-3-5-8-15)22(33)36-10-6-9-18(27)17(12-20(30)31)26-21(32)16(25)11-19(28)29/h3-5,7-8,13-14,16-17H,6,9-12,25H2,1-2H3,(H,26,32)(H,28,29)(H,30,31). The monoisotopic (exact) mass is 538 g/mol. The van der Waals surface area contributed by atoms with Crippen LogP contribution in [0.2, 0.25) is 0 Å². The van der Waals surface area contributed by atoms with E-state index in [0.29, 0.717) is 0 Å². The van der Waals surface area contributed by atoms with E-state index in [-0.39, 0.29) is 25.0 Å². The summed E-state index contributed by atoms with van der Waals surface area (Å²) < 4.78 is 14.9. The van der Waals surface area contributed by atoms with Crippen molar-refractivity contribution in [2.75, 3.05) is 6.61 Å². The number of hydrogen-bond donors (Lipinski definition) is 4. The lowest BCUT2D eigenvalue weighted by Gasteiger charge is -2.18. The van der Waals surface area contributed by atoms with Gasteiger partial charge in [0, 0.05) is 6.42 Å². The lowest BCUT2D eigenvalue weighted by atomic mass is 10.0. The van der Waals surface area contributed by atoms with Crippen LogP contribution in [0.3, 0.4) is 0 Å². The van der Waals surface area contributed by atoms with Gasteiger partial charge in [0.2, 0.25) is 5.91 Å². The molecule has 0 spiro atoms. The Morgan fingerprint density at radius 1 is 0.868 bits per heavy atom. The van der Waals surface area contributed by atoms with Gasteiger partial charge in [-0.2, -0.15) is 0 Å². The van der Waals surface area contributed by atoms with E-state index in [0.717, 1.165) is 0 Å². The van der Waals surface area contributed by atoms with E-state index in [4.69, 9.17) is 30.2 Å². The number of hydrogen-bond acceptors (Lipinski definition) is 11. The molecule has 0 fully saturated rings. The molecule has 0 aromatic heterocycles. The zero-order valence-electron chi connectivity index (χ0n) is 20.8. The van der Waals surface area contributed by atoms with Crippen molar-refractivity contribution in [3.05, 3.63) is 35.9 Å². The lowest BCUT2D eigenvalue weighted by molar-refractivity contribution is -0.171. The van der Waals surface area contributed by atoms with Crippen LogP contribution in [0, 0.1) is 0 Å². The number of nitrogens with one attached hydrogen (secondary N) is 1. The maximum absolute atomic E-state index is 12.4. The molecule has 1 rings (SSSR count). The number of carbonyl (C=O) groups is 7. The van der Waals surface area contributed by atoms with E-state index in [1.807, 2.05) is 0 Å². The number of Topliss-reactive ketones (excluding diaryl/α,β-unsaturated/α-hetero) is 1. The Morgan fingerprint density at radius 3 is 2.03 bits per heavy atom. The van der Waals surface area contributed by atoms with Gasteiger partial charge in [0.25, 0.3) is 0 Å². The summed E-state index contributed by atoms with van der Waals surface area (Å²) in [5.74, 6) is -7.12. The molecule has 0 aliphatic rings. The molecule has 1 aromatic carbocycles. The van der Waals surface area contributed by atoms with Crippen molar-refractivity contribution < 1.29 is 58.0 Å². The molecule has 0 aliphatic heterocycles. The zero-order valence-corrected chi connectivity index (χ0v) is 20.8. The highest BCUT2D eigenvalue weighted by molar-refractivity contribution is 5.94. The molecule has 0 radical (unpaired) electrons. The molecular weight excluding hydrogens is 508 g/mol. The summed E-state index contributed by atoms with van der Waals surface area (Å²) in [6.07, 6.45) is -4.48. The summed E-state index contributed by atoms with van der Waals surface area (Å²) in [6, 6.07) is 4.98. The summed E-state index contributed by atoms with van der Waals surface area (Å²) in [5, 5.41) is 19.8. The first-order valence-corrected chi connectivity index (χ1v) is 11.5. The van der Waals surface area contributed by atoms with E-state index in [1.54, 1.807) is 18.2 Å². The first-order chi connectivity index (χ1) is 17.8. The normalized spacial score (nSPS) is 13.7. The third-order valence-corrected chi connectivity index (χ3v) is 4.88. The van der Waals surface area contributed by atoms with Crippen molar-refractivity contribution in [1.82, 2.24) is 5.32 Å². The fraction of sp³-hybridized carbons (Fsp3) is 0.458. The van der Waals surface area contributed by atoms with Crippen LogP contribution in [-0.2, 0) is 43.0 Å². The predicted molar refractivity (Wildman–Crippen MR) is 126 cm³/mol. The highest BCUT2D eigenvalue weighted by atomic mass is 16.6. The first kappa shape index (κ1) is 31.7. The van der Waals surface area contributed by atoms with Crippen molar-refractivity contribution >= 4 is 41.5 Å². The SMILES string of the molecule is CC(OC(=O)c1ccccc1)C(=O)OC(C)C(=O)OCCCC(=O)C(CC(=O)O)NC(=O)C(N)CC(=O)O. The van der Waals surface area contributed by atoms with Gasteiger partial charge in [-0.1, -0.05) is 18.2 Å². The highest BCUT2D eigenvalue weighted by Gasteiger charge is 2.28. The Morgan fingerprint density at radius 2 is 1.45 bits per heavy atom. The molecule has 14 heteroatoms. The van der Waals surface area contributed by atoms with Crippen molar-refractivity contribution in [1.29, 1.82) is 0 Å². The molecule has 0 bridgehead atoms. The van der Waals surface area contributed by atoms with Crippen LogP contribution in [-0.4, -0.2) is 82.6 Å². The maximum atomic E-state index is 12.4. The number of carboxylic acid groups (broad SMARTS) is 2. The molecule has 0 heterocycles. The molecule has 4 unspecified atom stereocenters. The maximum Gasteiger partial charge on any atom is 0.348 e. The number of benzene rings is 1. The average molecular weight is 539 g/mol. The fourth-order valence-corrected chi connectivity index (χ4v) is 2.86. The molecule has 1 aromatic rings. The van der Waals surface area contributed by atoms with Gasteiger partial charge in [0.15, 0.2) is 18.0 Å². The number of ether oxygens (including phenoxy) is 3. The van der Waals surface area contributed by atoms with Gasteiger partial charge in [-0.05, 0) is 32.4 Å². The number of carbonyl (C=O) groups excluding carboxylic acids is 5. The summed E-state index contributed by atoms with van der Waals surface area (Å²) in [4.78, 5) is 82.3. The minimum atomic E-state index is -1.48. The molecule has 0 saturated heterocycles. The van der Waals surface area contributed by atoms with Crippen LogP contribution >= 0.6 is 0 Å². The molecule has 0 aliphatic carbocycles. The van der Waals surface area contributed by atoms with Gasteiger partial charge in [-0.15, -0.1) is 0 Å². The summed E-state index contributed by atoms with van der Waals surface area (Å²) in [7, 11) is 0. The number of ketones is 1. The van der Waals surface area contributed by atoms with Crippen LogP contribution in [0.1, 0.15) is 49.9 Å². The van der Waals surface area contributed by atoms with Crippen LogP contribution in [0.4, 0.5) is 0 Å². The summed E-state index contributed by atoms with van der Waals surface area (Å²) in [5.41, 5.74) is 5.64. The van der Waals surface area contributed by atoms with Crippen molar-refractivity contribution in [2.24, 2.45) is 5.73 Å². The second-order valence-corrected chi connectivity index (χ2v) is 8.09. The topological polar surface area (TPSA) is 226 Å². The van der Waals surface area contributed by atoms with Gasteiger partial charge in [-0.25, -0.2) is 14.4 Å². The number of amides is 1. The number of rotatable bonds is 16. The Hall–Kier alpha value is -4.33.